The van der Waals surface area contributed by atoms with Crippen LogP contribution in [0.3, 0.4) is 0 Å². The largest absolute Gasteiger partial charge is 0.497 e. The van der Waals surface area contributed by atoms with E-state index in [0.717, 1.165) is 24.2 Å². The van der Waals surface area contributed by atoms with Crippen LogP contribution in [0.1, 0.15) is 23.6 Å². The molecule has 3 nitrogen and oxygen atoms in total. The summed E-state index contributed by atoms with van der Waals surface area (Å²) in [4.78, 5) is 0. The number of hydrogen-bond donors (Lipinski definition) is 2. The van der Waals surface area contributed by atoms with Crippen molar-refractivity contribution in [1.29, 1.82) is 0 Å². The first-order valence-corrected chi connectivity index (χ1v) is 7.47. The molecule has 2 rings (SSSR count). The average Bonchev–Trinajstić information content (AvgIpc) is 2.52. The van der Waals surface area contributed by atoms with Crippen LogP contribution >= 0.6 is 15.9 Å². The first kappa shape index (κ1) is 15.9. The number of ether oxygens (including phenoxy) is 1. The van der Waals surface area contributed by atoms with Gasteiger partial charge in [-0.2, -0.15) is 0 Å². The van der Waals surface area contributed by atoms with E-state index >= 15 is 0 Å². The van der Waals surface area contributed by atoms with Gasteiger partial charge in [0.2, 0.25) is 0 Å². The molecule has 0 saturated heterocycles. The number of nitrogens with two attached hydrogens (primary N) is 1. The summed E-state index contributed by atoms with van der Waals surface area (Å²) in [5.41, 5.74) is 4.78. The zero-order chi connectivity index (χ0) is 15.2. The number of aryl methyl sites for hydroxylation is 1. The lowest BCUT2D eigenvalue weighted by atomic mass is 9.99. The van der Waals surface area contributed by atoms with Gasteiger partial charge < -0.3 is 4.74 Å². The molecule has 0 saturated carbocycles. The van der Waals surface area contributed by atoms with Gasteiger partial charge in [-0.3, -0.25) is 11.3 Å². The van der Waals surface area contributed by atoms with E-state index in [1.54, 1.807) is 13.2 Å². The van der Waals surface area contributed by atoms with Crippen LogP contribution in [0, 0.1) is 5.82 Å². The van der Waals surface area contributed by atoms with Crippen LogP contribution in [0.4, 0.5) is 4.39 Å². The minimum absolute atomic E-state index is 0.0882. The van der Waals surface area contributed by atoms with E-state index < -0.39 is 0 Å². The Morgan fingerprint density at radius 2 is 1.95 bits per heavy atom. The van der Waals surface area contributed by atoms with Crippen LogP contribution < -0.4 is 16.0 Å². The Labute approximate surface area is 132 Å². The minimum Gasteiger partial charge on any atom is -0.497 e. The van der Waals surface area contributed by atoms with E-state index in [9.17, 15) is 4.39 Å². The molecule has 21 heavy (non-hydrogen) atoms. The molecule has 2 aromatic carbocycles. The Morgan fingerprint density at radius 3 is 2.52 bits per heavy atom. The molecule has 1 atom stereocenters. The lowest BCUT2D eigenvalue weighted by Crippen LogP contribution is -2.28. The number of nitrogens with one attached hydrogen (secondary N) is 1. The molecule has 0 aliphatic heterocycles. The Kier molecular flexibility index (Phi) is 5.73. The van der Waals surface area contributed by atoms with E-state index in [4.69, 9.17) is 10.6 Å². The Hall–Kier alpha value is -1.43. The average molecular weight is 353 g/mol. The van der Waals surface area contributed by atoms with Gasteiger partial charge in [0.1, 0.15) is 11.6 Å². The van der Waals surface area contributed by atoms with Crippen LogP contribution in [0.25, 0.3) is 0 Å². The summed E-state index contributed by atoms with van der Waals surface area (Å²) in [6.45, 7) is 0. The fourth-order valence-electron chi connectivity index (χ4n) is 2.18. The smallest absolute Gasteiger partial charge is 0.137 e. The van der Waals surface area contributed by atoms with E-state index in [-0.39, 0.29) is 11.9 Å². The highest BCUT2D eigenvalue weighted by atomic mass is 79.9. The molecule has 2 aromatic rings. The summed E-state index contributed by atoms with van der Waals surface area (Å²) >= 11 is 3.15. The molecule has 0 bridgehead atoms. The highest BCUT2D eigenvalue weighted by Crippen LogP contribution is 2.24. The third-order valence-corrected chi connectivity index (χ3v) is 4.07. The maximum absolute atomic E-state index is 13.6. The zero-order valence-corrected chi connectivity index (χ0v) is 13.4. The first-order valence-electron chi connectivity index (χ1n) is 6.68. The Balaban J connectivity index is 2.02. The van der Waals surface area contributed by atoms with Crippen LogP contribution in [-0.2, 0) is 6.42 Å². The molecule has 3 N–H and O–H groups in total. The molecule has 112 valence electrons. The molecule has 0 spiro atoms. The summed E-state index contributed by atoms with van der Waals surface area (Å²) in [5.74, 6) is 6.15. The number of rotatable bonds is 6. The fourth-order valence-corrected chi connectivity index (χ4v) is 2.43. The third kappa shape index (κ3) is 4.27. The van der Waals surface area contributed by atoms with Gasteiger partial charge in [-0.25, -0.2) is 4.39 Å². The van der Waals surface area contributed by atoms with Crippen molar-refractivity contribution in [1.82, 2.24) is 5.43 Å². The standard InChI is InChI=1S/C16H18BrFN2O/c1-21-13-6-2-11(3-7-13)4-9-16(20-19)12-5-8-14(17)15(18)10-12/h2-3,5-8,10,16,20H,4,9,19H2,1H3. The molecule has 0 amide bonds. The molecular formula is C16H18BrFN2O. The summed E-state index contributed by atoms with van der Waals surface area (Å²) in [5, 5.41) is 0. The Bertz CT molecular complexity index is 589. The zero-order valence-electron chi connectivity index (χ0n) is 11.8. The maximum Gasteiger partial charge on any atom is 0.137 e. The van der Waals surface area contributed by atoms with Crippen molar-refractivity contribution in [2.45, 2.75) is 18.9 Å². The molecule has 5 heteroatoms. The molecule has 0 aromatic heterocycles. The first-order chi connectivity index (χ1) is 10.1. The second kappa shape index (κ2) is 7.54. The summed E-state index contributed by atoms with van der Waals surface area (Å²) in [6.07, 6.45) is 1.63. The van der Waals surface area contributed by atoms with Gasteiger partial charge in [-0.1, -0.05) is 18.2 Å². The van der Waals surface area contributed by atoms with E-state index in [0.29, 0.717) is 4.47 Å². The predicted molar refractivity (Wildman–Crippen MR) is 85.5 cm³/mol. The van der Waals surface area contributed by atoms with Crippen molar-refractivity contribution in [3.05, 3.63) is 63.9 Å². The summed E-state index contributed by atoms with van der Waals surface area (Å²) < 4.78 is 19.2. The van der Waals surface area contributed by atoms with Gasteiger partial charge in [-0.05, 0) is 64.2 Å². The lowest BCUT2D eigenvalue weighted by molar-refractivity contribution is 0.414. The van der Waals surface area contributed by atoms with Gasteiger partial charge >= 0.3 is 0 Å². The monoisotopic (exact) mass is 352 g/mol. The molecule has 0 heterocycles. The van der Waals surface area contributed by atoms with Crippen molar-refractivity contribution >= 4 is 15.9 Å². The lowest BCUT2D eigenvalue weighted by Gasteiger charge is -2.17. The normalized spacial score (nSPS) is 12.2. The second-order valence-electron chi connectivity index (χ2n) is 4.78. The van der Waals surface area contributed by atoms with Gasteiger partial charge in [0.05, 0.1) is 11.6 Å². The van der Waals surface area contributed by atoms with Gasteiger partial charge in [0.25, 0.3) is 0 Å². The molecule has 0 fully saturated rings. The second-order valence-corrected chi connectivity index (χ2v) is 5.63. The van der Waals surface area contributed by atoms with Crippen molar-refractivity contribution < 1.29 is 9.13 Å². The summed E-state index contributed by atoms with van der Waals surface area (Å²) in [6, 6.07) is 12.9. The van der Waals surface area contributed by atoms with E-state index in [2.05, 4.69) is 21.4 Å². The SMILES string of the molecule is COc1ccc(CCC(NN)c2ccc(Br)c(F)c2)cc1. The van der Waals surface area contributed by atoms with Crippen molar-refractivity contribution in [2.24, 2.45) is 5.84 Å². The predicted octanol–water partition coefficient (Wildman–Crippen LogP) is 3.73. The summed E-state index contributed by atoms with van der Waals surface area (Å²) in [7, 11) is 1.64. The third-order valence-electron chi connectivity index (χ3n) is 3.43. The Morgan fingerprint density at radius 1 is 1.24 bits per heavy atom. The number of hydrazine groups is 1. The van der Waals surface area contributed by atoms with Crippen LogP contribution in [0.2, 0.25) is 0 Å². The molecule has 0 aliphatic carbocycles. The van der Waals surface area contributed by atoms with Crippen LogP contribution in [0.5, 0.6) is 5.75 Å². The van der Waals surface area contributed by atoms with E-state index in [1.165, 1.54) is 11.6 Å². The highest BCUT2D eigenvalue weighted by molar-refractivity contribution is 9.10. The van der Waals surface area contributed by atoms with Gasteiger partial charge in [0.15, 0.2) is 0 Å². The highest BCUT2D eigenvalue weighted by Gasteiger charge is 2.12. The number of methoxy groups -OCH3 is 1. The van der Waals surface area contributed by atoms with Gasteiger partial charge in [-0.15, -0.1) is 0 Å². The van der Waals surface area contributed by atoms with Crippen molar-refractivity contribution in [3.8, 4) is 5.75 Å². The molecule has 1 unspecified atom stereocenters. The fraction of sp³-hybridized carbons (Fsp3) is 0.250. The number of benzene rings is 2. The molecule has 0 radical (unpaired) electrons. The van der Waals surface area contributed by atoms with Crippen molar-refractivity contribution in [3.63, 3.8) is 0 Å². The minimum atomic E-state index is -0.280. The van der Waals surface area contributed by atoms with Gasteiger partial charge in [0, 0.05) is 6.04 Å². The maximum atomic E-state index is 13.6. The number of halogens is 2. The van der Waals surface area contributed by atoms with Crippen molar-refractivity contribution in [2.75, 3.05) is 7.11 Å². The molecular weight excluding hydrogens is 335 g/mol. The van der Waals surface area contributed by atoms with Crippen LogP contribution in [0.15, 0.2) is 46.9 Å². The van der Waals surface area contributed by atoms with Crippen LogP contribution in [-0.4, -0.2) is 7.11 Å². The molecule has 0 aliphatic rings. The quantitative estimate of drug-likeness (QED) is 0.615. The number of hydrogen-bond acceptors (Lipinski definition) is 3. The van der Waals surface area contributed by atoms with E-state index in [1.807, 2.05) is 30.3 Å². The topological polar surface area (TPSA) is 47.3 Å².